The number of nitrogens with one attached hydrogen (secondary N) is 2. The standard InChI is InChI=1S/C74H80N4O20Si2/c1-13-91-39-55(69(79)75-31-33-93-41-99(85-7,86-8)87-9)77-71(81)51-35-57(95-47-23-15-43(3)16-24-47)63-65-59(97-49-27-19-45(5)20-28-49)37-53-62-54(74(84)78(73(53)83)56(40-92-14-2)70(80)76-32-34-94-42-100(88-10,89-11)90-12)38-60(98-50-29-21-46(6)22-30-50)66(68(62)65)64-58(96-48-25-17-44(4)18-26-48)36-52(72(77)82)61(51)67(63)64/h15-30,35-38,55-56H,13-14,31-34,39-42H2,1-12H3,(H,75,79)(H,76,80). The van der Waals surface area contributed by atoms with E-state index in [1.54, 1.807) is 62.4 Å². The van der Waals surface area contributed by atoms with E-state index in [-0.39, 0.29) is 140 Å². The number of fused-ring (bicyclic) bond motifs is 2. The van der Waals surface area contributed by atoms with Crippen LogP contribution in [0.4, 0.5) is 0 Å². The molecular weight excluding hydrogens is 1320 g/mol. The van der Waals surface area contributed by atoms with Crippen LogP contribution in [0.15, 0.2) is 121 Å². The average molecular weight is 1400 g/mol. The summed E-state index contributed by atoms with van der Waals surface area (Å²) in [5.74, 6) is -3.41. The number of rotatable bonds is 34. The van der Waals surface area contributed by atoms with Gasteiger partial charge in [0.25, 0.3) is 23.6 Å². The second-order valence-electron chi connectivity index (χ2n) is 23.9. The fourth-order valence-electron chi connectivity index (χ4n) is 12.3. The Labute approximate surface area is 580 Å². The molecule has 11 rings (SSSR count). The fraction of sp³-hybridized carbons (Fsp3) is 0.324. The van der Waals surface area contributed by atoms with Crippen molar-refractivity contribution in [3.05, 3.63) is 166 Å². The SMILES string of the molecule is CCOCC(C(=O)NCCOC[Si](OC)(OC)OC)N1C(=O)c2cc(Oc3ccc(C)cc3)c3c4c(Oc5ccc(C)cc5)cc5c6c(cc(Oc7ccc(C)cc7)c(c7c(Oc8ccc(C)cc8)cc(c2c37)C1=O)c64)C(=O)N(C(COCC)C(=O)NCCOC[Si](OC)(OC)OC)C5=O. The van der Waals surface area contributed by atoms with Crippen molar-refractivity contribution in [1.82, 2.24) is 20.4 Å². The first-order chi connectivity index (χ1) is 48.3. The van der Waals surface area contributed by atoms with Crippen LogP contribution in [0.2, 0.25) is 0 Å². The van der Waals surface area contributed by atoms with Gasteiger partial charge in [0.15, 0.2) is 0 Å². The fourth-order valence-corrected chi connectivity index (χ4v) is 14.8. The normalized spacial score (nSPS) is 13.8. The van der Waals surface area contributed by atoms with E-state index < -0.39 is 78.3 Å². The molecule has 9 aromatic rings. The number of aryl methyl sites for hydroxylation is 4. The lowest BCUT2D eigenvalue weighted by Crippen LogP contribution is -2.56. The minimum Gasteiger partial charge on any atom is -0.457 e. The summed E-state index contributed by atoms with van der Waals surface area (Å²) >= 11 is 0. The Bertz CT molecular complexity index is 4000. The first-order valence-corrected chi connectivity index (χ1v) is 36.4. The molecule has 2 heterocycles. The second-order valence-corrected chi connectivity index (χ2v) is 29.7. The molecule has 2 unspecified atom stereocenters. The van der Waals surface area contributed by atoms with Gasteiger partial charge in [0.1, 0.15) is 70.5 Å². The lowest BCUT2D eigenvalue weighted by atomic mass is 9.80. The summed E-state index contributed by atoms with van der Waals surface area (Å²) in [7, 11) is 2.38. The van der Waals surface area contributed by atoms with Gasteiger partial charge < -0.3 is 75.1 Å². The molecule has 524 valence electrons. The van der Waals surface area contributed by atoms with Gasteiger partial charge in [-0.25, -0.2) is 0 Å². The number of nitrogens with zero attached hydrogens (tertiary/aromatic N) is 2. The van der Waals surface area contributed by atoms with Gasteiger partial charge in [0.05, 0.1) is 48.7 Å². The summed E-state index contributed by atoms with van der Waals surface area (Å²) < 4.78 is 85.1. The van der Waals surface area contributed by atoms with Crippen LogP contribution in [0.5, 0.6) is 46.0 Å². The molecule has 0 radical (unpaired) electrons. The molecule has 0 spiro atoms. The van der Waals surface area contributed by atoms with Crippen LogP contribution in [-0.4, -0.2) is 183 Å². The molecule has 100 heavy (non-hydrogen) atoms. The lowest BCUT2D eigenvalue weighted by molar-refractivity contribution is -0.127. The number of amides is 6. The summed E-state index contributed by atoms with van der Waals surface area (Å²) in [5.41, 5.74) is 3.47. The zero-order valence-corrected chi connectivity index (χ0v) is 59.8. The first kappa shape index (κ1) is 72.0. The van der Waals surface area contributed by atoms with E-state index in [1.165, 1.54) is 66.9 Å². The number of benzene rings is 9. The number of imide groups is 2. The van der Waals surface area contributed by atoms with Gasteiger partial charge in [-0.1, -0.05) is 70.8 Å². The Balaban J connectivity index is 1.21. The number of ether oxygens (including phenoxy) is 8. The van der Waals surface area contributed by atoms with Gasteiger partial charge >= 0.3 is 17.6 Å². The topological polar surface area (TPSA) is 262 Å². The third kappa shape index (κ3) is 14.3. The van der Waals surface area contributed by atoms with Crippen LogP contribution < -0.4 is 29.6 Å². The van der Waals surface area contributed by atoms with Crippen LogP contribution in [0, 0.1) is 27.7 Å². The highest BCUT2D eigenvalue weighted by Gasteiger charge is 2.47. The summed E-state index contributed by atoms with van der Waals surface area (Å²) in [4.78, 5) is 95.7. The number of carbonyl (C=O) groups excluding carboxylic acids is 6. The molecule has 0 fully saturated rings. The van der Waals surface area contributed by atoms with E-state index >= 15 is 19.2 Å². The minimum atomic E-state index is -3.16. The Hall–Kier alpha value is -9.27. The van der Waals surface area contributed by atoms with Crippen molar-refractivity contribution in [3.63, 3.8) is 0 Å². The second kappa shape index (κ2) is 31.1. The zero-order valence-electron chi connectivity index (χ0n) is 57.8. The van der Waals surface area contributed by atoms with Crippen molar-refractivity contribution < 1.29 is 93.2 Å². The van der Waals surface area contributed by atoms with Crippen LogP contribution >= 0.6 is 0 Å². The van der Waals surface area contributed by atoms with E-state index in [0.717, 1.165) is 32.1 Å². The largest absolute Gasteiger partial charge is 0.527 e. The Morgan fingerprint density at radius 1 is 0.370 bits per heavy atom. The molecule has 0 saturated heterocycles. The van der Waals surface area contributed by atoms with Gasteiger partial charge in [-0.15, -0.1) is 0 Å². The molecule has 0 bridgehead atoms. The maximum atomic E-state index is 16.1. The van der Waals surface area contributed by atoms with Crippen LogP contribution in [0.1, 0.15) is 77.5 Å². The van der Waals surface area contributed by atoms with Crippen molar-refractivity contribution in [2.45, 2.75) is 53.6 Å². The molecule has 0 saturated carbocycles. The summed E-state index contributed by atoms with van der Waals surface area (Å²) in [5, 5.41) is 7.47. The van der Waals surface area contributed by atoms with Crippen molar-refractivity contribution >= 4 is 96.1 Å². The summed E-state index contributed by atoms with van der Waals surface area (Å²) in [6.45, 7) is 10.4. The smallest absolute Gasteiger partial charge is 0.457 e. The van der Waals surface area contributed by atoms with Crippen LogP contribution in [0.3, 0.4) is 0 Å². The van der Waals surface area contributed by atoms with Crippen molar-refractivity contribution in [3.8, 4) is 46.0 Å². The van der Waals surface area contributed by atoms with Crippen molar-refractivity contribution in [2.24, 2.45) is 0 Å². The maximum absolute atomic E-state index is 16.1. The van der Waals surface area contributed by atoms with Crippen molar-refractivity contribution in [2.75, 3.05) is 108 Å². The number of carbonyl (C=O) groups is 6. The quantitative estimate of drug-likeness (QED) is 0.0125. The third-order valence-electron chi connectivity index (χ3n) is 17.7. The van der Waals surface area contributed by atoms with E-state index in [2.05, 4.69) is 10.6 Å². The lowest BCUT2D eigenvalue weighted by Gasteiger charge is -2.35. The Morgan fingerprint density at radius 2 is 0.620 bits per heavy atom. The summed E-state index contributed by atoms with van der Waals surface area (Å²) in [6, 6.07) is 32.0. The van der Waals surface area contributed by atoms with Gasteiger partial charge in [-0.2, -0.15) is 0 Å². The average Bonchev–Trinajstić information content (AvgIpc) is 0.688. The Kier molecular flexibility index (Phi) is 22.4. The number of hydrogen-bond acceptors (Lipinski definition) is 20. The van der Waals surface area contributed by atoms with E-state index in [1.807, 2.05) is 76.2 Å². The highest BCUT2D eigenvalue weighted by Crippen LogP contribution is 2.58. The van der Waals surface area contributed by atoms with Crippen LogP contribution in [0.25, 0.3) is 43.1 Å². The van der Waals surface area contributed by atoms with Gasteiger partial charge in [0.2, 0.25) is 11.8 Å². The maximum Gasteiger partial charge on any atom is 0.527 e. The predicted octanol–water partition coefficient (Wildman–Crippen LogP) is 11.2. The van der Waals surface area contributed by atoms with Gasteiger partial charge in [0, 0.05) is 112 Å². The highest BCUT2D eigenvalue weighted by atomic mass is 28.4. The van der Waals surface area contributed by atoms with Gasteiger partial charge in [-0.3, -0.25) is 38.6 Å². The molecule has 2 aliphatic rings. The minimum absolute atomic E-state index is 0.0258. The Morgan fingerprint density at radius 3 is 0.850 bits per heavy atom. The molecule has 26 heteroatoms. The van der Waals surface area contributed by atoms with Gasteiger partial charge in [-0.05, 0) is 114 Å². The molecule has 2 N–H and O–H groups in total. The summed E-state index contributed by atoms with van der Waals surface area (Å²) in [6.07, 6.45) is -0.0640. The third-order valence-corrected chi connectivity index (χ3v) is 22.5. The molecule has 2 aliphatic heterocycles. The zero-order chi connectivity index (χ0) is 71.2. The molecular formula is C74H80N4O20Si2. The highest BCUT2D eigenvalue weighted by molar-refractivity contribution is 6.60. The van der Waals surface area contributed by atoms with E-state index in [4.69, 9.17) is 64.5 Å². The first-order valence-electron chi connectivity index (χ1n) is 32.6. The monoisotopic (exact) mass is 1400 g/mol. The van der Waals surface area contributed by atoms with E-state index in [0.29, 0.717) is 23.0 Å². The van der Waals surface area contributed by atoms with E-state index in [9.17, 15) is 9.59 Å². The van der Waals surface area contributed by atoms with Crippen LogP contribution in [-0.2, 0) is 55.1 Å². The molecule has 24 nitrogen and oxygen atoms in total. The predicted molar refractivity (Wildman–Crippen MR) is 375 cm³/mol. The molecule has 6 amide bonds. The van der Waals surface area contributed by atoms with Crippen molar-refractivity contribution in [1.29, 1.82) is 0 Å². The molecule has 0 aliphatic carbocycles. The molecule has 0 aromatic heterocycles. The molecule has 9 aromatic carbocycles. The molecule has 2 atom stereocenters. The number of hydrogen-bond donors (Lipinski definition) is 2.